The lowest BCUT2D eigenvalue weighted by Gasteiger charge is -2.41. The van der Waals surface area contributed by atoms with Gasteiger partial charge in [-0.05, 0) is 51.4 Å². The molecule has 0 saturated heterocycles. The molecule has 1 aliphatic rings. The fourth-order valence-corrected chi connectivity index (χ4v) is 8.27. The SMILES string of the molecule is CCCCCCCCCCCCCCCCCCCC(=O)O[C@H](COC(=O)CCC/C=C\C/C=C\C/C=C\C/C=C\CC(O)CCC)COP(=O)(O)OC1[C@H](O)[C@H](O)C(O)[C@H](O)[C@H]1O. The molecule has 1 fully saturated rings. The lowest BCUT2D eigenvalue weighted by molar-refractivity contribution is -0.220. The molecule has 7 N–H and O–H groups in total. The summed E-state index contributed by atoms with van der Waals surface area (Å²) in [6.07, 6.45) is 29.4. The fraction of sp³-hybridized carbons (Fsp3) is 0.796. The topological polar surface area (TPSA) is 230 Å². The molecule has 372 valence electrons. The van der Waals surface area contributed by atoms with E-state index in [4.69, 9.17) is 18.5 Å². The average molecular weight is 931 g/mol. The largest absolute Gasteiger partial charge is 0.472 e. The second-order valence-corrected chi connectivity index (χ2v) is 18.6. The zero-order chi connectivity index (χ0) is 47.3. The normalized spacial score (nSPS) is 22.5. The molecule has 0 bridgehead atoms. The summed E-state index contributed by atoms with van der Waals surface area (Å²) in [5.41, 5.74) is 0. The third kappa shape index (κ3) is 30.9. The van der Waals surface area contributed by atoms with Crippen molar-refractivity contribution < 1.29 is 68.2 Å². The van der Waals surface area contributed by atoms with Crippen molar-refractivity contribution in [2.45, 2.75) is 236 Å². The Balaban J connectivity index is 2.47. The van der Waals surface area contributed by atoms with Gasteiger partial charge in [0.15, 0.2) is 6.10 Å². The van der Waals surface area contributed by atoms with E-state index < -0.39 is 75.7 Å². The first-order valence-electron chi connectivity index (χ1n) is 24.5. The Morgan fingerprint density at radius 1 is 0.547 bits per heavy atom. The van der Waals surface area contributed by atoms with Gasteiger partial charge in [-0.3, -0.25) is 18.6 Å². The van der Waals surface area contributed by atoms with E-state index in [9.17, 15) is 49.7 Å². The van der Waals surface area contributed by atoms with Crippen LogP contribution in [0.25, 0.3) is 0 Å². The zero-order valence-electron chi connectivity index (χ0n) is 39.2. The molecule has 1 aliphatic carbocycles. The number of phosphoric ester groups is 1. The molecule has 0 heterocycles. The quantitative estimate of drug-likeness (QED) is 0.0132. The third-order valence-electron chi connectivity index (χ3n) is 11.2. The Morgan fingerprint density at radius 3 is 1.48 bits per heavy atom. The van der Waals surface area contributed by atoms with Crippen LogP contribution in [0.5, 0.6) is 0 Å². The highest BCUT2D eigenvalue weighted by Crippen LogP contribution is 2.47. The van der Waals surface area contributed by atoms with Gasteiger partial charge in [0.2, 0.25) is 0 Å². The summed E-state index contributed by atoms with van der Waals surface area (Å²) >= 11 is 0. The molecule has 9 atom stereocenters. The molecule has 14 nitrogen and oxygen atoms in total. The third-order valence-corrected chi connectivity index (χ3v) is 12.2. The van der Waals surface area contributed by atoms with Crippen molar-refractivity contribution in [2.24, 2.45) is 0 Å². The van der Waals surface area contributed by atoms with E-state index in [0.29, 0.717) is 25.7 Å². The first-order chi connectivity index (χ1) is 30.8. The molecule has 0 aromatic heterocycles. The number of esters is 2. The molecule has 0 radical (unpaired) electrons. The van der Waals surface area contributed by atoms with E-state index in [1.54, 1.807) is 0 Å². The Bertz CT molecular complexity index is 1320. The molecule has 0 spiro atoms. The van der Waals surface area contributed by atoms with Gasteiger partial charge < -0.3 is 45.0 Å². The summed E-state index contributed by atoms with van der Waals surface area (Å²) in [5, 5.41) is 59.9. The van der Waals surface area contributed by atoms with Gasteiger partial charge in [-0.2, -0.15) is 0 Å². The highest BCUT2D eigenvalue weighted by Gasteiger charge is 2.51. The maximum atomic E-state index is 12.8. The minimum atomic E-state index is -5.14. The first-order valence-corrected chi connectivity index (χ1v) is 26.0. The predicted octanol–water partition coefficient (Wildman–Crippen LogP) is 8.92. The number of phosphoric acid groups is 1. The zero-order valence-corrected chi connectivity index (χ0v) is 40.1. The minimum absolute atomic E-state index is 0.0767. The van der Waals surface area contributed by atoms with E-state index in [1.807, 2.05) is 18.2 Å². The lowest BCUT2D eigenvalue weighted by Crippen LogP contribution is -2.64. The number of unbranched alkanes of at least 4 members (excludes halogenated alkanes) is 17. The van der Waals surface area contributed by atoms with Crippen molar-refractivity contribution in [2.75, 3.05) is 13.2 Å². The monoisotopic (exact) mass is 931 g/mol. The second-order valence-electron chi connectivity index (χ2n) is 17.2. The molecule has 0 aromatic carbocycles. The smallest absolute Gasteiger partial charge is 0.462 e. The molecule has 1 rings (SSSR count). The van der Waals surface area contributed by atoms with Crippen LogP contribution >= 0.6 is 7.82 Å². The van der Waals surface area contributed by atoms with Crippen molar-refractivity contribution in [3.05, 3.63) is 48.6 Å². The summed E-state index contributed by atoms with van der Waals surface area (Å²) in [7, 11) is -5.14. The summed E-state index contributed by atoms with van der Waals surface area (Å²) in [5.74, 6) is -1.18. The van der Waals surface area contributed by atoms with Crippen LogP contribution in [0.3, 0.4) is 0 Å². The molecule has 15 heteroatoms. The molecule has 64 heavy (non-hydrogen) atoms. The number of hydrogen-bond acceptors (Lipinski definition) is 13. The van der Waals surface area contributed by atoms with Crippen LogP contribution in [0, 0.1) is 0 Å². The number of aliphatic hydroxyl groups excluding tert-OH is 6. The van der Waals surface area contributed by atoms with Crippen LogP contribution in [0.1, 0.15) is 187 Å². The number of carbonyl (C=O) groups is 2. The van der Waals surface area contributed by atoms with Gasteiger partial charge in [0.25, 0.3) is 0 Å². The summed E-state index contributed by atoms with van der Waals surface area (Å²) in [6, 6.07) is 0. The van der Waals surface area contributed by atoms with Crippen LogP contribution in [-0.2, 0) is 32.7 Å². The van der Waals surface area contributed by atoms with E-state index >= 15 is 0 Å². The van der Waals surface area contributed by atoms with Crippen molar-refractivity contribution in [3.63, 3.8) is 0 Å². The average Bonchev–Trinajstić information content (AvgIpc) is 3.27. The maximum absolute atomic E-state index is 12.8. The Hall–Kier alpha value is -2.23. The van der Waals surface area contributed by atoms with E-state index in [0.717, 1.165) is 57.8 Å². The van der Waals surface area contributed by atoms with Gasteiger partial charge in [-0.25, -0.2) is 4.57 Å². The molecule has 0 aromatic rings. The summed E-state index contributed by atoms with van der Waals surface area (Å²) in [6.45, 7) is 3.07. The Kier molecular flexibility index (Phi) is 36.3. The number of carbonyl (C=O) groups excluding carboxylic acids is 2. The highest BCUT2D eigenvalue weighted by atomic mass is 31.2. The molecule has 1 saturated carbocycles. The number of rotatable bonds is 40. The molecular weight excluding hydrogens is 843 g/mol. The van der Waals surface area contributed by atoms with E-state index in [1.165, 1.54) is 77.0 Å². The molecule has 4 unspecified atom stereocenters. The number of ether oxygens (including phenoxy) is 2. The standard InChI is InChI=1S/C49H87O14P/c1-3-5-6-7-8-9-10-11-12-13-14-17-21-24-27-30-33-37-43(52)62-41(39-61-64(58,59)63-49-47(56)45(54)44(53)46(55)48(49)57)38-60-42(51)36-32-29-26-23-20-18-15-16-19-22-25-28-31-35-40(50)34-4-2/h15,18-19,22-23,26,28,31,40-41,44-50,53-57H,3-14,16-17,20-21,24-25,27,29-30,32-39H2,1-2H3,(H,58,59)/b18-15-,22-19-,26-23-,31-28-/t40?,41-,44?,45-,46+,47-,48-,49?/m1/s1. The maximum Gasteiger partial charge on any atom is 0.472 e. The van der Waals surface area contributed by atoms with Crippen molar-refractivity contribution >= 4 is 19.8 Å². The van der Waals surface area contributed by atoms with Gasteiger partial charge in [0.1, 0.15) is 43.2 Å². The van der Waals surface area contributed by atoms with Gasteiger partial charge in [-0.1, -0.05) is 172 Å². The van der Waals surface area contributed by atoms with E-state index in [2.05, 4.69) is 44.2 Å². The van der Waals surface area contributed by atoms with Crippen LogP contribution in [-0.4, -0.2) is 110 Å². The number of aliphatic hydroxyl groups is 6. The highest BCUT2D eigenvalue weighted by molar-refractivity contribution is 7.47. The van der Waals surface area contributed by atoms with Crippen molar-refractivity contribution in [1.82, 2.24) is 0 Å². The van der Waals surface area contributed by atoms with Gasteiger partial charge >= 0.3 is 19.8 Å². The second kappa shape index (κ2) is 38.8. The summed E-state index contributed by atoms with van der Waals surface area (Å²) in [4.78, 5) is 35.7. The Labute approximate surface area is 384 Å². The van der Waals surface area contributed by atoms with Crippen LogP contribution in [0.15, 0.2) is 48.6 Å². The minimum Gasteiger partial charge on any atom is -0.462 e. The first kappa shape index (κ1) is 59.8. The van der Waals surface area contributed by atoms with Crippen molar-refractivity contribution in [3.8, 4) is 0 Å². The van der Waals surface area contributed by atoms with Crippen LogP contribution in [0.2, 0.25) is 0 Å². The summed E-state index contributed by atoms with van der Waals surface area (Å²) < 4.78 is 33.5. The van der Waals surface area contributed by atoms with Crippen LogP contribution in [0.4, 0.5) is 0 Å². The van der Waals surface area contributed by atoms with E-state index in [-0.39, 0.29) is 18.9 Å². The number of hydrogen-bond donors (Lipinski definition) is 7. The lowest BCUT2D eigenvalue weighted by atomic mass is 9.85. The molecular formula is C49H87O14P. The molecule has 0 amide bonds. The predicted molar refractivity (Wildman–Crippen MR) is 250 cm³/mol. The van der Waals surface area contributed by atoms with Gasteiger partial charge in [0.05, 0.1) is 12.7 Å². The fourth-order valence-electron chi connectivity index (χ4n) is 7.30. The molecule has 0 aliphatic heterocycles. The van der Waals surface area contributed by atoms with Gasteiger partial charge in [0, 0.05) is 12.8 Å². The van der Waals surface area contributed by atoms with Crippen LogP contribution < -0.4 is 0 Å². The Morgan fingerprint density at radius 2 is 0.984 bits per heavy atom. The van der Waals surface area contributed by atoms with Gasteiger partial charge in [-0.15, -0.1) is 0 Å². The number of allylic oxidation sites excluding steroid dienone is 7. The van der Waals surface area contributed by atoms with Crippen molar-refractivity contribution in [1.29, 1.82) is 0 Å².